The molecular weight excluding hydrogens is 348 g/mol. The fourth-order valence-electron chi connectivity index (χ4n) is 2.94. The molecule has 0 saturated heterocycles. The van der Waals surface area contributed by atoms with Gasteiger partial charge in [-0.3, -0.25) is 4.68 Å². The number of hydrogen-bond acceptors (Lipinski definition) is 4. The molecular formula is C20H17F2N5. The molecule has 0 amide bonds. The number of halogens is 2. The topological polar surface area (TPSA) is 55.6 Å². The Balaban J connectivity index is 1.62. The van der Waals surface area contributed by atoms with E-state index >= 15 is 0 Å². The van der Waals surface area contributed by atoms with Gasteiger partial charge in [0.2, 0.25) is 0 Å². The number of nitrogens with zero attached hydrogens (tertiary/aromatic N) is 4. The summed E-state index contributed by atoms with van der Waals surface area (Å²) in [6, 6.07) is 15.1. The van der Waals surface area contributed by atoms with E-state index < -0.39 is 12.2 Å². The van der Waals surface area contributed by atoms with Crippen molar-refractivity contribution in [1.29, 1.82) is 0 Å². The van der Waals surface area contributed by atoms with Crippen molar-refractivity contribution in [3.05, 3.63) is 72.3 Å². The summed E-state index contributed by atoms with van der Waals surface area (Å²) in [5.74, 6) is -0.0667. The number of aryl methyl sites for hydroxylation is 1. The summed E-state index contributed by atoms with van der Waals surface area (Å²) >= 11 is 0. The summed E-state index contributed by atoms with van der Waals surface area (Å²) in [7, 11) is 1.87. The van der Waals surface area contributed by atoms with E-state index in [4.69, 9.17) is 0 Å². The molecule has 0 aliphatic heterocycles. The highest BCUT2D eigenvalue weighted by Crippen LogP contribution is 2.25. The SMILES string of the molecule is Cn1cc(-c2cccc(CNc3nc(C(F)F)nc4ccccc34)c2)cn1. The Hall–Kier alpha value is -3.35. The summed E-state index contributed by atoms with van der Waals surface area (Å²) in [6.45, 7) is 0.456. The molecule has 7 heteroatoms. The molecule has 0 spiro atoms. The Morgan fingerprint density at radius 2 is 1.89 bits per heavy atom. The van der Waals surface area contributed by atoms with Gasteiger partial charge in [0.1, 0.15) is 5.82 Å². The van der Waals surface area contributed by atoms with Crippen LogP contribution in [0.4, 0.5) is 14.6 Å². The highest BCUT2D eigenvalue weighted by molar-refractivity contribution is 5.89. The monoisotopic (exact) mass is 365 g/mol. The van der Waals surface area contributed by atoms with Gasteiger partial charge in [0.05, 0.1) is 11.7 Å². The van der Waals surface area contributed by atoms with Gasteiger partial charge in [0, 0.05) is 30.7 Å². The van der Waals surface area contributed by atoms with Crippen LogP contribution in [0.5, 0.6) is 0 Å². The average Bonchev–Trinajstić information content (AvgIpc) is 3.12. The molecule has 0 atom stereocenters. The summed E-state index contributed by atoms with van der Waals surface area (Å²) in [6.07, 6.45) is 1.03. The Bertz CT molecular complexity index is 1090. The lowest BCUT2D eigenvalue weighted by Gasteiger charge is -2.11. The van der Waals surface area contributed by atoms with Crippen LogP contribution in [0.3, 0.4) is 0 Å². The van der Waals surface area contributed by atoms with Crippen LogP contribution in [0.2, 0.25) is 0 Å². The molecule has 5 nitrogen and oxygen atoms in total. The Morgan fingerprint density at radius 3 is 2.67 bits per heavy atom. The predicted octanol–water partition coefficient (Wildman–Crippen LogP) is 4.58. The first kappa shape index (κ1) is 17.1. The van der Waals surface area contributed by atoms with Crippen LogP contribution in [0.1, 0.15) is 17.8 Å². The molecule has 0 aliphatic carbocycles. The van der Waals surface area contributed by atoms with Gasteiger partial charge in [-0.2, -0.15) is 5.10 Å². The van der Waals surface area contributed by atoms with Crippen molar-refractivity contribution in [3.8, 4) is 11.1 Å². The molecule has 136 valence electrons. The smallest absolute Gasteiger partial charge is 0.297 e. The number of aromatic nitrogens is 4. The van der Waals surface area contributed by atoms with Gasteiger partial charge in [-0.1, -0.05) is 30.3 Å². The maximum atomic E-state index is 13.1. The van der Waals surface area contributed by atoms with E-state index in [1.807, 2.05) is 49.6 Å². The lowest BCUT2D eigenvalue weighted by Crippen LogP contribution is -2.06. The number of nitrogens with one attached hydrogen (secondary N) is 1. The van der Waals surface area contributed by atoms with E-state index in [2.05, 4.69) is 20.4 Å². The number of hydrogen-bond donors (Lipinski definition) is 1. The molecule has 2 heterocycles. The van der Waals surface area contributed by atoms with E-state index in [1.165, 1.54) is 0 Å². The average molecular weight is 365 g/mol. The second-order valence-corrected chi connectivity index (χ2v) is 6.20. The maximum Gasteiger partial charge on any atom is 0.297 e. The standard InChI is InChI=1S/C20H17F2N5/c1-27-12-15(11-24-27)14-6-4-5-13(9-14)10-23-19-16-7-2-3-8-17(16)25-20(26-19)18(21)22/h2-9,11-12,18H,10H2,1H3,(H,23,25,26). The summed E-state index contributed by atoms with van der Waals surface area (Å²) in [5, 5.41) is 8.08. The molecule has 0 bridgehead atoms. The third kappa shape index (κ3) is 3.62. The van der Waals surface area contributed by atoms with Gasteiger partial charge in [-0.15, -0.1) is 0 Å². The van der Waals surface area contributed by atoms with Crippen molar-refractivity contribution in [2.24, 2.45) is 7.05 Å². The van der Waals surface area contributed by atoms with Crippen LogP contribution in [0, 0.1) is 0 Å². The first-order valence-corrected chi connectivity index (χ1v) is 8.47. The van der Waals surface area contributed by atoms with E-state index in [0.29, 0.717) is 23.3 Å². The molecule has 27 heavy (non-hydrogen) atoms. The highest BCUT2D eigenvalue weighted by Gasteiger charge is 2.15. The zero-order chi connectivity index (χ0) is 18.8. The second-order valence-electron chi connectivity index (χ2n) is 6.20. The fourth-order valence-corrected chi connectivity index (χ4v) is 2.94. The zero-order valence-corrected chi connectivity index (χ0v) is 14.6. The number of alkyl halides is 2. The van der Waals surface area contributed by atoms with Gasteiger partial charge < -0.3 is 5.32 Å². The summed E-state index contributed by atoms with van der Waals surface area (Å²) < 4.78 is 28.0. The lowest BCUT2D eigenvalue weighted by molar-refractivity contribution is 0.141. The lowest BCUT2D eigenvalue weighted by atomic mass is 10.1. The molecule has 0 aliphatic rings. The number of fused-ring (bicyclic) bond motifs is 1. The maximum absolute atomic E-state index is 13.1. The minimum absolute atomic E-state index is 0.405. The third-order valence-electron chi connectivity index (χ3n) is 4.24. The number of benzene rings is 2. The van der Waals surface area contributed by atoms with Crippen LogP contribution in [-0.2, 0) is 13.6 Å². The first-order chi connectivity index (χ1) is 13.1. The molecule has 4 aromatic rings. The van der Waals surface area contributed by atoms with Crippen molar-refractivity contribution < 1.29 is 8.78 Å². The van der Waals surface area contributed by atoms with Crippen molar-refractivity contribution in [2.75, 3.05) is 5.32 Å². The molecule has 0 fully saturated rings. The predicted molar refractivity (Wildman–Crippen MR) is 100 cm³/mol. The summed E-state index contributed by atoms with van der Waals surface area (Å²) in [4.78, 5) is 7.95. The molecule has 2 aromatic carbocycles. The molecule has 2 aromatic heterocycles. The molecule has 0 unspecified atom stereocenters. The van der Waals surface area contributed by atoms with Crippen LogP contribution in [-0.4, -0.2) is 19.7 Å². The quantitative estimate of drug-likeness (QED) is 0.562. The van der Waals surface area contributed by atoms with Gasteiger partial charge >= 0.3 is 0 Å². The minimum atomic E-state index is -2.72. The van der Waals surface area contributed by atoms with Crippen molar-refractivity contribution >= 4 is 16.7 Å². The molecule has 0 radical (unpaired) electrons. The van der Waals surface area contributed by atoms with Crippen LogP contribution in [0.15, 0.2) is 60.9 Å². The minimum Gasteiger partial charge on any atom is -0.365 e. The van der Waals surface area contributed by atoms with E-state index in [9.17, 15) is 8.78 Å². The van der Waals surface area contributed by atoms with Crippen LogP contribution < -0.4 is 5.32 Å². The van der Waals surface area contributed by atoms with Crippen molar-refractivity contribution in [2.45, 2.75) is 13.0 Å². The summed E-state index contributed by atoms with van der Waals surface area (Å²) in [5.41, 5.74) is 3.57. The van der Waals surface area contributed by atoms with Gasteiger partial charge in [0.15, 0.2) is 5.82 Å². The Kier molecular flexibility index (Phi) is 4.50. The number of anilines is 1. The van der Waals surface area contributed by atoms with Crippen LogP contribution >= 0.6 is 0 Å². The number of para-hydroxylation sites is 1. The highest BCUT2D eigenvalue weighted by atomic mass is 19.3. The van der Waals surface area contributed by atoms with Gasteiger partial charge in [-0.25, -0.2) is 18.7 Å². The van der Waals surface area contributed by atoms with E-state index in [0.717, 1.165) is 16.7 Å². The number of rotatable bonds is 5. The van der Waals surface area contributed by atoms with Crippen LogP contribution in [0.25, 0.3) is 22.0 Å². The zero-order valence-electron chi connectivity index (χ0n) is 14.6. The molecule has 1 N–H and O–H groups in total. The second kappa shape index (κ2) is 7.11. The Morgan fingerprint density at radius 1 is 1.04 bits per heavy atom. The first-order valence-electron chi connectivity index (χ1n) is 8.47. The molecule has 4 rings (SSSR count). The van der Waals surface area contributed by atoms with E-state index in [-0.39, 0.29) is 0 Å². The third-order valence-corrected chi connectivity index (χ3v) is 4.24. The Labute approximate surface area is 154 Å². The van der Waals surface area contributed by atoms with Gasteiger partial charge in [0.25, 0.3) is 6.43 Å². The van der Waals surface area contributed by atoms with E-state index in [1.54, 1.807) is 23.0 Å². The largest absolute Gasteiger partial charge is 0.365 e. The fraction of sp³-hybridized carbons (Fsp3) is 0.150. The van der Waals surface area contributed by atoms with Crippen molar-refractivity contribution in [3.63, 3.8) is 0 Å². The van der Waals surface area contributed by atoms with Gasteiger partial charge in [-0.05, 0) is 29.3 Å². The normalized spacial score (nSPS) is 11.3. The van der Waals surface area contributed by atoms with Crippen molar-refractivity contribution in [1.82, 2.24) is 19.7 Å². The molecule has 0 saturated carbocycles.